The van der Waals surface area contributed by atoms with E-state index >= 15 is 0 Å². The van der Waals surface area contributed by atoms with Crippen molar-refractivity contribution in [3.8, 4) is 11.5 Å². The summed E-state index contributed by atoms with van der Waals surface area (Å²) in [4.78, 5) is 23.8. The summed E-state index contributed by atoms with van der Waals surface area (Å²) in [5.41, 5.74) is 2.45. The molecular weight excluding hydrogens is 348 g/mol. The first-order chi connectivity index (χ1) is 13.0. The quantitative estimate of drug-likeness (QED) is 0.381. The molecule has 0 unspecified atom stereocenters. The monoisotopic (exact) mass is 372 g/mol. The lowest BCUT2D eigenvalue weighted by Crippen LogP contribution is -2.18. The molecule has 6 heteroatoms. The lowest BCUT2D eigenvalue weighted by Gasteiger charge is -2.10. The van der Waals surface area contributed by atoms with Crippen LogP contribution in [-0.4, -0.2) is 38.4 Å². The van der Waals surface area contributed by atoms with E-state index in [0.29, 0.717) is 30.3 Å². The van der Waals surface area contributed by atoms with Crippen LogP contribution in [0.2, 0.25) is 0 Å². The maximum Gasteiger partial charge on any atom is 0.349 e. The third-order valence-electron chi connectivity index (χ3n) is 3.66. The van der Waals surface area contributed by atoms with Crippen molar-refractivity contribution in [1.29, 1.82) is 0 Å². The summed E-state index contributed by atoms with van der Waals surface area (Å²) in [5, 5.41) is 0. The van der Waals surface area contributed by atoms with Gasteiger partial charge in [0, 0.05) is 6.61 Å². The zero-order valence-corrected chi connectivity index (χ0v) is 15.8. The summed E-state index contributed by atoms with van der Waals surface area (Å²) in [7, 11) is 0. The summed E-state index contributed by atoms with van der Waals surface area (Å²) in [6.45, 7) is 6.70. The second kappa shape index (κ2) is 10.3. The summed E-state index contributed by atoms with van der Waals surface area (Å²) < 4.78 is 20.9. The number of esters is 2. The van der Waals surface area contributed by atoms with Gasteiger partial charge < -0.3 is 18.9 Å². The van der Waals surface area contributed by atoms with Crippen LogP contribution in [0.1, 0.15) is 28.4 Å². The van der Waals surface area contributed by atoms with Crippen LogP contribution in [0.3, 0.4) is 0 Å². The molecule has 0 aliphatic carbocycles. The molecule has 0 aliphatic rings. The molecule has 0 amide bonds. The fourth-order valence-electron chi connectivity index (χ4n) is 2.34. The molecule has 0 aliphatic heterocycles. The third kappa shape index (κ3) is 6.75. The maximum absolute atomic E-state index is 11.9. The van der Waals surface area contributed by atoms with E-state index in [4.69, 9.17) is 18.9 Å². The van der Waals surface area contributed by atoms with E-state index in [1.165, 1.54) is 24.3 Å². The molecule has 0 heterocycles. The van der Waals surface area contributed by atoms with E-state index in [1.54, 1.807) is 0 Å². The largest absolute Gasteiger partial charge is 0.482 e. The molecule has 144 valence electrons. The fourth-order valence-corrected chi connectivity index (χ4v) is 2.34. The van der Waals surface area contributed by atoms with E-state index in [0.717, 1.165) is 11.1 Å². The number of carbonyl (C=O) groups excluding carboxylic acids is 2. The molecule has 0 N–H and O–H groups in total. The Kier molecular flexibility index (Phi) is 7.82. The number of hydrogen-bond donors (Lipinski definition) is 0. The molecule has 0 radical (unpaired) electrons. The van der Waals surface area contributed by atoms with Gasteiger partial charge in [0.15, 0.2) is 6.61 Å². The van der Waals surface area contributed by atoms with Crippen molar-refractivity contribution in [3.63, 3.8) is 0 Å². The Balaban J connectivity index is 1.81. The first-order valence-corrected chi connectivity index (χ1v) is 8.75. The number of rotatable bonds is 9. The van der Waals surface area contributed by atoms with E-state index in [2.05, 4.69) is 0 Å². The molecule has 2 aromatic rings. The van der Waals surface area contributed by atoms with Gasteiger partial charge in [-0.15, -0.1) is 0 Å². The number of benzene rings is 2. The highest BCUT2D eigenvalue weighted by Gasteiger charge is 2.10. The van der Waals surface area contributed by atoms with Gasteiger partial charge in [-0.3, -0.25) is 0 Å². The van der Waals surface area contributed by atoms with Gasteiger partial charge in [-0.2, -0.15) is 0 Å². The molecule has 0 saturated heterocycles. The van der Waals surface area contributed by atoms with E-state index < -0.39 is 11.9 Å². The molecule has 2 rings (SSSR count). The zero-order valence-electron chi connectivity index (χ0n) is 15.8. The highest BCUT2D eigenvalue weighted by atomic mass is 16.6. The summed E-state index contributed by atoms with van der Waals surface area (Å²) in [6, 6.07) is 11.9. The normalized spacial score (nSPS) is 10.3. The first kappa shape index (κ1) is 20.5. The van der Waals surface area contributed by atoms with E-state index in [1.807, 2.05) is 39.0 Å². The molecular formula is C21H24O6. The smallest absolute Gasteiger partial charge is 0.349 e. The van der Waals surface area contributed by atoms with Gasteiger partial charge in [-0.05, 0) is 56.7 Å². The molecule has 0 atom stereocenters. The Bertz CT molecular complexity index is 767. The average molecular weight is 372 g/mol. The van der Waals surface area contributed by atoms with Crippen LogP contribution in [0.5, 0.6) is 11.5 Å². The highest BCUT2D eigenvalue weighted by molar-refractivity contribution is 5.89. The zero-order chi connectivity index (χ0) is 19.6. The summed E-state index contributed by atoms with van der Waals surface area (Å²) in [6.07, 6.45) is 0. The van der Waals surface area contributed by atoms with Gasteiger partial charge in [0.25, 0.3) is 0 Å². The topological polar surface area (TPSA) is 71.1 Å². The summed E-state index contributed by atoms with van der Waals surface area (Å²) >= 11 is 0. The third-order valence-corrected chi connectivity index (χ3v) is 3.66. The number of carbonyl (C=O) groups is 2. The molecule has 0 spiro atoms. The molecule has 27 heavy (non-hydrogen) atoms. The molecule has 0 aromatic heterocycles. The second-order valence-electron chi connectivity index (χ2n) is 5.89. The van der Waals surface area contributed by atoms with Crippen molar-refractivity contribution < 1.29 is 28.5 Å². The van der Waals surface area contributed by atoms with Gasteiger partial charge in [0.2, 0.25) is 0 Å². The average Bonchev–Trinajstić information content (AvgIpc) is 2.65. The Hall–Kier alpha value is -2.86. The van der Waals surface area contributed by atoms with Gasteiger partial charge in [-0.1, -0.05) is 17.7 Å². The van der Waals surface area contributed by atoms with Gasteiger partial charge in [-0.25, -0.2) is 9.59 Å². The summed E-state index contributed by atoms with van der Waals surface area (Å²) in [5.74, 6) is -0.00874. The van der Waals surface area contributed by atoms with Crippen molar-refractivity contribution >= 4 is 11.9 Å². The van der Waals surface area contributed by atoms with Crippen LogP contribution in [0.15, 0.2) is 42.5 Å². The van der Waals surface area contributed by atoms with Crippen molar-refractivity contribution in [2.24, 2.45) is 0 Å². The molecule has 0 saturated carbocycles. The Morgan fingerprint density at radius 1 is 0.963 bits per heavy atom. The molecule has 0 bridgehead atoms. The van der Waals surface area contributed by atoms with Crippen molar-refractivity contribution in [2.75, 3.05) is 26.4 Å². The van der Waals surface area contributed by atoms with Crippen molar-refractivity contribution in [1.82, 2.24) is 0 Å². The van der Waals surface area contributed by atoms with E-state index in [-0.39, 0.29) is 13.2 Å². The van der Waals surface area contributed by atoms with Gasteiger partial charge in [0.05, 0.1) is 12.2 Å². The number of ether oxygens (including phenoxy) is 4. The SMILES string of the molecule is CCOCCOC(=O)c1ccc(OC(=O)COc2ccc(C)cc2C)cc1. The standard InChI is InChI=1S/C21H24O6/c1-4-24-11-12-25-21(23)17-6-8-18(9-7-17)27-20(22)14-26-19-10-5-15(2)13-16(19)3/h5-10,13H,4,11-12,14H2,1-3H3. The lowest BCUT2D eigenvalue weighted by atomic mass is 10.1. The Morgan fingerprint density at radius 2 is 1.70 bits per heavy atom. The number of aryl methyl sites for hydroxylation is 2. The minimum absolute atomic E-state index is 0.194. The fraction of sp³-hybridized carbons (Fsp3) is 0.333. The maximum atomic E-state index is 11.9. The van der Waals surface area contributed by atoms with Crippen LogP contribution in [-0.2, 0) is 14.3 Å². The minimum atomic E-state index is -0.526. The van der Waals surface area contributed by atoms with Crippen LogP contribution in [0.4, 0.5) is 0 Å². The Morgan fingerprint density at radius 3 is 2.37 bits per heavy atom. The van der Waals surface area contributed by atoms with Crippen molar-refractivity contribution in [3.05, 3.63) is 59.2 Å². The van der Waals surface area contributed by atoms with E-state index in [9.17, 15) is 9.59 Å². The van der Waals surface area contributed by atoms with Crippen LogP contribution in [0, 0.1) is 13.8 Å². The molecule has 2 aromatic carbocycles. The Labute approximate surface area is 159 Å². The number of hydrogen-bond acceptors (Lipinski definition) is 6. The van der Waals surface area contributed by atoms with Gasteiger partial charge in [0.1, 0.15) is 18.1 Å². The first-order valence-electron chi connectivity index (χ1n) is 8.75. The van der Waals surface area contributed by atoms with Gasteiger partial charge >= 0.3 is 11.9 Å². The van der Waals surface area contributed by atoms with Crippen LogP contribution < -0.4 is 9.47 Å². The molecule has 0 fully saturated rings. The van der Waals surface area contributed by atoms with Crippen molar-refractivity contribution in [2.45, 2.75) is 20.8 Å². The molecule has 6 nitrogen and oxygen atoms in total. The lowest BCUT2D eigenvalue weighted by molar-refractivity contribution is -0.136. The predicted octanol–water partition coefficient (Wildman–Crippen LogP) is 3.48. The highest BCUT2D eigenvalue weighted by Crippen LogP contribution is 2.19. The minimum Gasteiger partial charge on any atom is -0.482 e. The predicted molar refractivity (Wildman–Crippen MR) is 100 cm³/mol. The van der Waals surface area contributed by atoms with Crippen LogP contribution in [0.25, 0.3) is 0 Å². The second-order valence-corrected chi connectivity index (χ2v) is 5.89. The van der Waals surface area contributed by atoms with Crippen LogP contribution >= 0.6 is 0 Å².